The van der Waals surface area contributed by atoms with Gasteiger partial charge in [-0.2, -0.15) is 0 Å². The molecule has 1 heterocycles. The molecule has 0 fully saturated rings. The highest BCUT2D eigenvalue weighted by atomic mass is 14.9. The van der Waals surface area contributed by atoms with E-state index in [1.807, 2.05) is 18.2 Å². The lowest BCUT2D eigenvalue weighted by Crippen LogP contribution is -1.97. The summed E-state index contributed by atoms with van der Waals surface area (Å²) in [5.74, 6) is 0.699. The van der Waals surface area contributed by atoms with Crippen LogP contribution in [0.1, 0.15) is 0 Å². The van der Waals surface area contributed by atoms with Crippen molar-refractivity contribution in [2.75, 3.05) is 0 Å². The molecule has 9 aromatic carbocycles. The number of nitrogens with zero attached hydrogens (tertiary/aromatic N) is 2. The Labute approximate surface area is 314 Å². The third-order valence-corrected chi connectivity index (χ3v) is 10.5. The lowest BCUT2D eigenvalue weighted by Gasteiger charge is -2.16. The van der Waals surface area contributed by atoms with Crippen LogP contribution in [0.5, 0.6) is 0 Å². The van der Waals surface area contributed by atoms with Crippen LogP contribution in [-0.4, -0.2) is 9.97 Å². The molecule has 252 valence electrons. The molecular formula is C52H34N2. The Hall–Kier alpha value is -7.16. The van der Waals surface area contributed by atoms with E-state index in [-0.39, 0.29) is 0 Å². The van der Waals surface area contributed by atoms with Crippen molar-refractivity contribution in [3.05, 3.63) is 206 Å². The van der Waals surface area contributed by atoms with E-state index in [1.165, 1.54) is 49.0 Å². The van der Waals surface area contributed by atoms with E-state index in [1.54, 1.807) is 0 Å². The highest BCUT2D eigenvalue weighted by molar-refractivity contribution is 6.20. The normalized spacial score (nSPS) is 11.3. The summed E-state index contributed by atoms with van der Waals surface area (Å²) in [4.78, 5) is 10.5. The number of rotatable bonds is 6. The standard InChI is InChI=1S/C52H34N2/c1-3-14-35(15-4-1)36-26-28-38(29-27-36)43-22-11-12-25-46(43)50-34-49(53-52(54-50)39-17-5-2-6-18-39)41-20-13-21-42(32-41)51-45-24-10-8-19-40(45)33-48-44-23-9-7-16-37(44)30-31-47(48)51/h1-34H. The van der Waals surface area contributed by atoms with Crippen molar-refractivity contribution in [3.8, 4) is 67.3 Å². The van der Waals surface area contributed by atoms with Crippen LogP contribution in [0.3, 0.4) is 0 Å². The molecule has 0 N–H and O–H groups in total. The summed E-state index contributed by atoms with van der Waals surface area (Å²) in [6.07, 6.45) is 0. The number of aromatic nitrogens is 2. The molecule has 10 aromatic rings. The average molecular weight is 687 g/mol. The zero-order chi connectivity index (χ0) is 35.8. The second kappa shape index (κ2) is 13.4. The fourth-order valence-electron chi connectivity index (χ4n) is 7.85. The minimum atomic E-state index is 0.699. The third kappa shape index (κ3) is 5.71. The predicted octanol–water partition coefficient (Wildman–Crippen LogP) is 13.9. The monoisotopic (exact) mass is 686 g/mol. The van der Waals surface area contributed by atoms with Crippen LogP contribution in [-0.2, 0) is 0 Å². The van der Waals surface area contributed by atoms with Crippen molar-refractivity contribution < 1.29 is 0 Å². The number of fused-ring (bicyclic) bond motifs is 4. The van der Waals surface area contributed by atoms with E-state index in [4.69, 9.17) is 9.97 Å². The first-order valence-corrected chi connectivity index (χ1v) is 18.4. The van der Waals surface area contributed by atoms with Crippen molar-refractivity contribution in [1.29, 1.82) is 0 Å². The Morgan fingerprint density at radius 2 is 0.833 bits per heavy atom. The van der Waals surface area contributed by atoms with Crippen LogP contribution in [0.4, 0.5) is 0 Å². The molecule has 0 aliphatic rings. The van der Waals surface area contributed by atoms with Gasteiger partial charge in [0.05, 0.1) is 11.4 Å². The molecule has 0 radical (unpaired) electrons. The second-order valence-electron chi connectivity index (χ2n) is 13.8. The van der Waals surface area contributed by atoms with E-state index < -0.39 is 0 Å². The fourth-order valence-corrected chi connectivity index (χ4v) is 7.85. The van der Waals surface area contributed by atoms with Crippen molar-refractivity contribution in [2.24, 2.45) is 0 Å². The summed E-state index contributed by atoms with van der Waals surface area (Å²) < 4.78 is 0. The number of hydrogen-bond acceptors (Lipinski definition) is 2. The topological polar surface area (TPSA) is 25.8 Å². The van der Waals surface area contributed by atoms with Gasteiger partial charge in [-0.05, 0) is 83.9 Å². The smallest absolute Gasteiger partial charge is 0.160 e. The molecule has 10 rings (SSSR count). The van der Waals surface area contributed by atoms with Gasteiger partial charge in [0.1, 0.15) is 0 Å². The zero-order valence-corrected chi connectivity index (χ0v) is 29.5. The first kappa shape index (κ1) is 31.6. The van der Waals surface area contributed by atoms with E-state index in [2.05, 4.69) is 188 Å². The summed E-state index contributed by atoms with van der Waals surface area (Å²) in [6.45, 7) is 0. The lowest BCUT2D eigenvalue weighted by atomic mass is 9.89. The average Bonchev–Trinajstić information content (AvgIpc) is 3.26. The molecule has 0 unspecified atom stereocenters. The maximum absolute atomic E-state index is 5.24. The number of benzene rings is 9. The SMILES string of the molecule is c1ccc(-c2ccc(-c3ccccc3-c3cc(-c4cccc(-c5c6ccccc6cc6c5ccc5ccccc56)c4)nc(-c4ccccc4)n3)cc2)cc1. The summed E-state index contributed by atoms with van der Waals surface area (Å²) in [6, 6.07) is 73.5. The van der Waals surface area contributed by atoms with Gasteiger partial charge in [0, 0.05) is 16.7 Å². The molecule has 0 saturated heterocycles. The third-order valence-electron chi connectivity index (χ3n) is 10.5. The molecule has 0 saturated carbocycles. The van der Waals surface area contributed by atoms with Gasteiger partial charge >= 0.3 is 0 Å². The Bertz CT molecular complexity index is 2970. The molecule has 0 aliphatic heterocycles. The maximum Gasteiger partial charge on any atom is 0.160 e. The van der Waals surface area contributed by atoms with Crippen LogP contribution in [0.2, 0.25) is 0 Å². The Balaban J connectivity index is 1.14. The molecule has 0 spiro atoms. The maximum atomic E-state index is 5.24. The quantitative estimate of drug-likeness (QED) is 0.129. The number of hydrogen-bond donors (Lipinski definition) is 0. The van der Waals surface area contributed by atoms with Crippen LogP contribution in [0.25, 0.3) is 99.6 Å². The van der Waals surface area contributed by atoms with E-state index in [0.717, 1.165) is 44.8 Å². The first-order valence-electron chi connectivity index (χ1n) is 18.4. The van der Waals surface area contributed by atoms with Crippen molar-refractivity contribution >= 4 is 32.3 Å². The van der Waals surface area contributed by atoms with Gasteiger partial charge < -0.3 is 0 Å². The molecule has 54 heavy (non-hydrogen) atoms. The molecule has 0 atom stereocenters. The van der Waals surface area contributed by atoms with Gasteiger partial charge in [-0.25, -0.2) is 9.97 Å². The van der Waals surface area contributed by atoms with Crippen molar-refractivity contribution in [2.45, 2.75) is 0 Å². The van der Waals surface area contributed by atoms with Crippen LogP contribution in [0, 0.1) is 0 Å². The predicted molar refractivity (Wildman–Crippen MR) is 227 cm³/mol. The lowest BCUT2D eigenvalue weighted by molar-refractivity contribution is 1.18. The summed E-state index contributed by atoms with van der Waals surface area (Å²) in [5, 5.41) is 7.47. The van der Waals surface area contributed by atoms with Crippen LogP contribution < -0.4 is 0 Å². The molecule has 2 heteroatoms. The van der Waals surface area contributed by atoms with Gasteiger partial charge in [0.2, 0.25) is 0 Å². The second-order valence-corrected chi connectivity index (χ2v) is 13.8. The van der Waals surface area contributed by atoms with Gasteiger partial charge in [-0.1, -0.05) is 188 Å². The highest BCUT2D eigenvalue weighted by Gasteiger charge is 2.17. The van der Waals surface area contributed by atoms with Crippen LogP contribution in [0.15, 0.2) is 206 Å². The Morgan fingerprint density at radius 3 is 1.63 bits per heavy atom. The van der Waals surface area contributed by atoms with Gasteiger partial charge in [0.15, 0.2) is 5.82 Å². The summed E-state index contributed by atoms with van der Waals surface area (Å²) >= 11 is 0. The summed E-state index contributed by atoms with van der Waals surface area (Å²) in [5.41, 5.74) is 11.9. The molecule has 0 amide bonds. The Kier molecular flexibility index (Phi) is 7.85. The summed E-state index contributed by atoms with van der Waals surface area (Å²) in [7, 11) is 0. The Morgan fingerprint density at radius 1 is 0.259 bits per heavy atom. The van der Waals surface area contributed by atoms with E-state index >= 15 is 0 Å². The zero-order valence-electron chi connectivity index (χ0n) is 29.5. The van der Waals surface area contributed by atoms with Gasteiger partial charge in [-0.3, -0.25) is 0 Å². The van der Waals surface area contributed by atoms with E-state index in [0.29, 0.717) is 5.82 Å². The largest absolute Gasteiger partial charge is 0.228 e. The molecule has 0 bridgehead atoms. The van der Waals surface area contributed by atoms with Gasteiger partial charge in [0.25, 0.3) is 0 Å². The van der Waals surface area contributed by atoms with Crippen LogP contribution >= 0.6 is 0 Å². The van der Waals surface area contributed by atoms with Crippen molar-refractivity contribution in [1.82, 2.24) is 9.97 Å². The molecule has 2 nitrogen and oxygen atoms in total. The highest BCUT2D eigenvalue weighted by Crippen LogP contribution is 2.41. The van der Waals surface area contributed by atoms with Gasteiger partial charge in [-0.15, -0.1) is 0 Å². The van der Waals surface area contributed by atoms with E-state index in [9.17, 15) is 0 Å². The minimum Gasteiger partial charge on any atom is -0.228 e. The fraction of sp³-hybridized carbons (Fsp3) is 0. The molecular weight excluding hydrogens is 653 g/mol. The molecule has 1 aromatic heterocycles. The molecule has 0 aliphatic carbocycles. The van der Waals surface area contributed by atoms with Crippen molar-refractivity contribution in [3.63, 3.8) is 0 Å². The minimum absolute atomic E-state index is 0.699. The first-order chi connectivity index (χ1) is 26.8.